The van der Waals surface area contributed by atoms with Gasteiger partial charge in [0, 0.05) is 25.4 Å². The maximum absolute atomic E-state index is 12.7. The molecule has 0 bridgehead atoms. The number of benzene rings is 1. The number of aryl methyl sites for hydroxylation is 1. The number of anilines is 5. The summed E-state index contributed by atoms with van der Waals surface area (Å²) in [6.07, 6.45) is 5.33. The molecule has 1 aromatic carbocycles. The molecule has 1 saturated carbocycles. The van der Waals surface area contributed by atoms with E-state index < -0.39 is 0 Å². The fraction of sp³-hybridized carbons (Fsp3) is 0.300. The number of aromatic nitrogens is 3. The molecule has 32 heavy (non-hydrogen) atoms. The molecule has 7 N–H and O–H groups in total. The molecule has 1 aliphatic rings. The van der Waals surface area contributed by atoms with Crippen molar-refractivity contribution in [1.82, 2.24) is 19.7 Å². The highest BCUT2D eigenvalue weighted by Crippen LogP contribution is 2.31. The maximum atomic E-state index is 12.7. The van der Waals surface area contributed by atoms with E-state index in [1.807, 2.05) is 20.0 Å². The molecule has 0 unspecified atom stereocenters. The van der Waals surface area contributed by atoms with Gasteiger partial charge in [0.1, 0.15) is 11.4 Å². The molecule has 12 heteroatoms. The Hall–Kier alpha value is -3.64. The van der Waals surface area contributed by atoms with Crippen molar-refractivity contribution < 1.29 is 9.59 Å². The van der Waals surface area contributed by atoms with E-state index in [9.17, 15) is 9.59 Å². The number of hydrazine groups is 1. The SMILES string of the molecule is Cc1ccc(NN)c(N)c1NC(=O)c1cnc(Nc2ccn(CC(=O)N(C)C3CC3)n2)s1. The van der Waals surface area contributed by atoms with Gasteiger partial charge in [-0.05, 0) is 31.4 Å². The first-order chi connectivity index (χ1) is 15.4. The summed E-state index contributed by atoms with van der Waals surface area (Å²) < 4.78 is 1.58. The lowest BCUT2D eigenvalue weighted by Crippen LogP contribution is -2.32. The first kappa shape index (κ1) is 21.6. The highest BCUT2D eigenvalue weighted by molar-refractivity contribution is 7.17. The summed E-state index contributed by atoms with van der Waals surface area (Å²) in [5, 5.41) is 10.7. The van der Waals surface area contributed by atoms with E-state index in [2.05, 4.69) is 26.1 Å². The third-order valence-electron chi connectivity index (χ3n) is 5.24. The fourth-order valence-electron chi connectivity index (χ4n) is 3.17. The van der Waals surface area contributed by atoms with Crippen molar-refractivity contribution in [2.45, 2.75) is 32.4 Å². The average molecular weight is 456 g/mol. The Bertz CT molecular complexity index is 1150. The van der Waals surface area contributed by atoms with E-state index >= 15 is 0 Å². The Kier molecular flexibility index (Phi) is 5.97. The summed E-state index contributed by atoms with van der Waals surface area (Å²) in [6.45, 7) is 2.02. The Morgan fingerprint density at radius 1 is 1.31 bits per heavy atom. The van der Waals surface area contributed by atoms with Crippen LogP contribution in [0.25, 0.3) is 0 Å². The minimum Gasteiger partial charge on any atom is -0.395 e. The molecule has 1 fully saturated rings. The Morgan fingerprint density at radius 3 is 2.81 bits per heavy atom. The highest BCUT2D eigenvalue weighted by atomic mass is 32.1. The van der Waals surface area contributed by atoms with Gasteiger partial charge in [-0.15, -0.1) is 0 Å². The number of nitrogen functional groups attached to an aromatic ring is 2. The van der Waals surface area contributed by atoms with Crippen molar-refractivity contribution in [3.63, 3.8) is 0 Å². The number of nitrogens with zero attached hydrogens (tertiary/aromatic N) is 4. The number of nitrogens with one attached hydrogen (secondary N) is 3. The molecular formula is C20H25N9O2S. The number of carbonyl (C=O) groups excluding carboxylic acids is 2. The van der Waals surface area contributed by atoms with Crippen LogP contribution in [0.3, 0.4) is 0 Å². The predicted octanol–water partition coefficient (Wildman–Crippen LogP) is 2.13. The molecule has 4 rings (SSSR count). The molecule has 0 radical (unpaired) electrons. The van der Waals surface area contributed by atoms with E-state index in [0.717, 1.165) is 18.4 Å². The van der Waals surface area contributed by atoms with Crippen LogP contribution in [-0.4, -0.2) is 44.6 Å². The second-order valence-electron chi connectivity index (χ2n) is 7.61. The zero-order valence-electron chi connectivity index (χ0n) is 17.8. The number of nitrogens with two attached hydrogens (primary N) is 2. The van der Waals surface area contributed by atoms with Crippen molar-refractivity contribution >= 4 is 51.2 Å². The molecule has 1 aliphatic carbocycles. The van der Waals surface area contributed by atoms with E-state index in [1.54, 1.807) is 27.9 Å². The molecular weight excluding hydrogens is 430 g/mol. The summed E-state index contributed by atoms with van der Waals surface area (Å²) in [7, 11) is 1.82. The van der Waals surface area contributed by atoms with Crippen molar-refractivity contribution in [2.75, 3.05) is 28.8 Å². The largest absolute Gasteiger partial charge is 0.395 e. The summed E-state index contributed by atoms with van der Waals surface area (Å²) in [6, 6.07) is 5.67. The van der Waals surface area contributed by atoms with Gasteiger partial charge in [-0.25, -0.2) is 4.98 Å². The number of rotatable bonds is 8. The maximum Gasteiger partial charge on any atom is 0.267 e. The lowest BCUT2D eigenvalue weighted by molar-refractivity contribution is -0.131. The van der Waals surface area contributed by atoms with Gasteiger partial charge in [-0.3, -0.25) is 20.1 Å². The number of thiazole rings is 1. The highest BCUT2D eigenvalue weighted by Gasteiger charge is 2.29. The molecule has 168 valence electrons. The summed E-state index contributed by atoms with van der Waals surface area (Å²) >= 11 is 1.18. The van der Waals surface area contributed by atoms with Crippen LogP contribution >= 0.6 is 11.3 Å². The molecule has 3 aromatic rings. The van der Waals surface area contributed by atoms with Crippen molar-refractivity contribution in [1.29, 1.82) is 0 Å². The van der Waals surface area contributed by atoms with Gasteiger partial charge >= 0.3 is 0 Å². The smallest absolute Gasteiger partial charge is 0.267 e. The van der Waals surface area contributed by atoms with Gasteiger partial charge in [-0.2, -0.15) is 5.10 Å². The van der Waals surface area contributed by atoms with Crippen molar-refractivity contribution in [3.8, 4) is 0 Å². The second kappa shape index (κ2) is 8.85. The van der Waals surface area contributed by atoms with Crippen LogP contribution in [0.15, 0.2) is 30.6 Å². The summed E-state index contributed by atoms with van der Waals surface area (Å²) in [5.74, 6) is 5.69. The van der Waals surface area contributed by atoms with E-state index in [1.165, 1.54) is 17.5 Å². The third-order valence-corrected chi connectivity index (χ3v) is 6.15. The molecule has 0 spiro atoms. The Morgan fingerprint density at radius 2 is 2.09 bits per heavy atom. The normalized spacial score (nSPS) is 13.0. The van der Waals surface area contributed by atoms with Crippen LogP contribution in [0.2, 0.25) is 0 Å². The lowest BCUT2D eigenvalue weighted by atomic mass is 10.1. The van der Waals surface area contributed by atoms with E-state index in [0.29, 0.717) is 38.9 Å². The van der Waals surface area contributed by atoms with Gasteiger partial charge in [0.15, 0.2) is 10.9 Å². The van der Waals surface area contributed by atoms with Crippen LogP contribution in [0.5, 0.6) is 0 Å². The third kappa shape index (κ3) is 4.65. The van der Waals surface area contributed by atoms with Gasteiger partial charge in [0.25, 0.3) is 5.91 Å². The molecule has 2 amide bonds. The zero-order valence-corrected chi connectivity index (χ0v) is 18.6. The van der Waals surface area contributed by atoms with Crippen LogP contribution in [0, 0.1) is 6.92 Å². The Balaban J connectivity index is 1.39. The van der Waals surface area contributed by atoms with Crippen molar-refractivity contribution in [2.24, 2.45) is 5.84 Å². The monoisotopic (exact) mass is 455 g/mol. The Labute approximate surface area is 188 Å². The number of likely N-dealkylation sites (N-methyl/N-ethyl adjacent to an activating group) is 1. The fourth-order valence-corrected chi connectivity index (χ4v) is 3.89. The molecule has 2 aromatic heterocycles. The van der Waals surface area contributed by atoms with Crippen LogP contribution in [0.1, 0.15) is 28.1 Å². The molecule has 0 atom stereocenters. The average Bonchev–Trinajstić information content (AvgIpc) is 3.37. The second-order valence-corrected chi connectivity index (χ2v) is 8.64. The molecule has 11 nitrogen and oxygen atoms in total. The topological polar surface area (TPSA) is 156 Å². The molecule has 0 aliphatic heterocycles. The van der Waals surface area contributed by atoms with Gasteiger partial charge in [0.2, 0.25) is 5.91 Å². The predicted molar refractivity (Wildman–Crippen MR) is 125 cm³/mol. The minimum absolute atomic E-state index is 0.0267. The molecule has 2 heterocycles. The van der Waals surface area contributed by atoms with E-state index in [4.69, 9.17) is 11.6 Å². The van der Waals surface area contributed by atoms with Crippen LogP contribution < -0.4 is 27.6 Å². The van der Waals surface area contributed by atoms with Gasteiger partial charge < -0.3 is 26.7 Å². The minimum atomic E-state index is -0.334. The van der Waals surface area contributed by atoms with Crippen molar-refractivity contribution in [3.05, 3.63) is 41.0 Å². The summed E-state index contributed by atoms with van der Waals surface area (Å²) in [4.78, 5) is 31.4. The standard InChI is InChI=1S/C20H25N9O2S/c1-11-3-6-13(26-22)17(21)18(11)25-19(31)14-9-23-20(32-14)24-15-7-8-29(27-15)10-16(30)28(2)12-4-5-12/h3,6-9,12,26H,4-5,10,21-22H2,1-2H3,(H,25,31)(H,23,24,27). The van der Waals surface area contributed by atoms with Crippen LogP contribution in [0.4, 0.5) is 28.0 Å². The van der Waals surface area contributed by atoms with Gasteiger partial charge in [-0.1, -0.05) is 17.4 Å². The summed E-state index contributed by atoms with van der Waals surface area (Å²) in [5.41, 5.74) is 10.8. The number of hydrogen-bond acceptors (Lipinski definition) is 9. The number of carbonyl (C=O) groups is 2. The lowest BCUT2D eigenvalue weighted by Gasteiger charge is -2.15. The first-order valence-electron chi connectivity index (χ1n) is 10.0. The quantitative estimate of drug-likeness (QED) is 0.196. The first-order valence-corrected chi connectivity index (χ1v) is 10.9. The molecule has 0 saturated heterocycles. The number of amides is 2. The van der Waals surface area contributed by atoms with Crippen LogP contribution in [-0.2, 0) is 11.3 Å². The van der Waals surface area contributed by atoms with Gasteiger partial charge in [0.05, 0.1) is 23.3 Å². The zero-order chi connectivity index (χ0) is 22.8. The van der Waals surface area contributed by atoms with E-state index in [-0.39, 0.29) is 18.4 Å². The number of hydrogen-bond donors (Lipinski definition) is 5.